The maximum atomic E-state index is 12.3. The number of pyridine rings is 1. The predicted octanol–water partition coefficient (Wildman–Crippen LogP) is 2.78. The van der Waals surface area contributed by atoms with Crippen molar-refractivity contribution in [3.8, 4) is 0 Å². The number of carbonyl (C=O) groups is 2. The van der Waals surface area contributed by atoms with Crippen molar-refractivity contribution in [2.75, 3.05) is 18.5 Å². The van der Waals surface area contributed by atoms with Crippen molar-refractivity contribution in [3.05, 3.63) is 58.2 Å². The standard InChI is InChI=1S/C18H15Cl2N5O3/c1-25(8-15(26)23-7-10-5-21-9-22-6-10)17-16-11(2-12(19)4-13(16)20)3-14(24-17)18(27)28/h2-6,9H,7-8H2,1H3,(H,23,26)(H,27,28). The molecule has 0 saturated heterocycles. The highest BCUT2D eigenvalue weighted by Gasteiger charge is 2.18. The van der Waals surface area contributed by atoms with Crippen molar-refractivity contribution in [3.63, 3.8) is 0 Å². The van der Waals surface area contributed by atoms with E-state index in [4.69, 9.17) is 23.2 Å². The van der Waals surface area contributed by atoms with E-state index in [1.54, 1.807) is 31.6 Å². The Kier molecular flexibility index (Phi) is 5.91. The number of halogens is 2. The van der Waals surface area contributed by atoms with E-state index in [1.165, 1.54) is 17.3 Å². The third kappa shape index (κ3) is 4.47. The number of carboxylic acid groups (broad SMARTS) is 1. The van der Waals surface area contributed by atoms with Crippen LogP contribution in [0.15, 0.2) is 36.9 Å². The first-order valence-electron chi connectivity index (χ1n) is 8.10. The molecule has 0 aliphatic rings. The summed E-state index contributed by atoms with van der Waals surface area (Å²) in [4.78, 5) is 37.2. The molecule has 1 amide bonds. The third-order valence-electron chi connectivity index (χ3n) is 3.89. The first kappa shape index (κ1) is 19.8. The summed E-state index contributed by atoms with van der Waals surface area (Å²) in [6, 6.07) is 4.53. The summed E-state index contributed by atoms with van der Waals surface area (Å²) >= 11 is 12.3. The Morgan fingerprint density at radius 1 is 1.18 bits per heavy atom. The van der Waals surface area contributed by atoms with Crippen molar-refractivity contribution < 1.29 is 14.7 Å². The Morgan fingerprint density at radius 2 is 1.89 bits per heavy atom. The summed E-state index contributed by atoms with van der Waals surface area (Å²) in [5.41, 5.74) is 0.585. The van der Waals surface area contributed by atoms with E-state index in [0.29, 0.717) is 20.8 Å². The van der Waals surface area contributed by atoms with Crippen molar-refractivity contribution >= 4 is 51.7 Å². The molecule has 8 nitrogen and oxygen atoms in total. The Labute approximate surface area is 170 Å². The zero-order valence-electron chi connectivity index (χ0n) is 14.7. The maximum absolute atomic E-state index is 12.3. The molecule has 0 radical (unpaired) electrons. The highest BCUT2D eigenvalue weighted by molar-refractivity contribution is 6.39. The minimum atomic E-state index is -1.19. The SMILES string of the molecule is CN(CC(=O)NCc1cncnc1)c1nc(C(=O)O)cc2cc(Cl)cc(Cl)c12. The van der Waals surface area contributed by atoms with Gasteiger partial charge in [0.15, 0.2) is 5.69 Å². The zero-order chi connectivity index (χ0) is 20.3. The van der Waals surface area contributed by atoms with E-state index in [9.17, 15) is 14.7 Å². The molecule has 0 aliphatic carbocycles. The number of carboxylic acids is 1. The van der Waals surface area contributed by atoms with Crippen LogP contribution < -0.4 is 10.2 Å². The number of aromatic carboxylic acids is 1. The lowest BCUT2D eigenvalue weighted by atomic mass is 10.1. The number of nitrogens with zero attached hydrogens (tertiary/aromatic N) is 4. The van der Waals surface area contributed by atoms with Gasteiger partial charge in [0.1, 0.15) is 12.1 Å². The number of fused-ring (bicyclic) bond motifs is 1. The summed E-state index contributed by atoms with van der Waals surface area (Å²) in [7, 11) is 1.63. The number of rotatable bonds is 6. The summed E-state index contributed by atoms with van der Waals surface area (Å²) in [5, 5.41) is 13.8. The second kappa shape index (κ2) is 8.37. The molecule has 0 bridgehead atoms. The Bertz CT molecular complexity index is 1050. The molecule has 0 atom stereocenters. The topological polar surface area (TPSA) is 108 Å². The van der Waals surface area contributed by atoms with Gasteiger partial charge in [0.2, 0.25) is 5.91 Å². The minimum absolute atomic E-state index is 0.0577. The van der Waals surface area contributed by atoms with Crippen LogP contribution in [0.25, 0.3) is 10.8 Å². The fourth-order valence-electron chi connectivity index (χ4n) is 2.65. The molecule has 0 fully saturated rings. The van der Waals surface area contributed by atoms with Gasteiger partial charge in [-0.05, 0) is 23.6 Å². The van der Waals surface area contributed by atoms with E-state index in [1.807, 2.05) is 0 Å². The normalized spacial score (nSPS) is 10.7. The molecule has 0 saturated carbocycles. The van der Waals surface area contributed by atoms with E-state index in [-0.39, 0.29) is 30.5 Å². The largest absolute Gasteiger partial charge is 0.477 e. The Morgan fingerprint density at radius 3 is 2.57 bits per heavy atom. The summed E-state index contributed by atoms with van der Waals surface area (Å²) in [5.74, 6) is -1.21. The van der Waals surface area contributed by atoms with Crippen molar-refractivity contribution in [2.24, 2.45) is 0 Å². The number of anilines is 1. The third-order valence-corrected chi connectivity index (χ3v) is 4.41. The molecule has 2 heterocycles. The fourth-order valence-corrected chi connectivity index (χ4v) is 3.24. The monoisotopic (exact) mass is 419 g/mol. The van der Waals surface area contributed by atoms with Gasteiger partial charge in [-0.1, -0.05) is 23.2 Å². The smallest absolute Gasteiger partial charge is 0.354 e. The van der Waals surface area contributed by atoms with Crippen LogP contribution in [0.1, 0.15) is 16.1 Å². The maximum Gasteiger partial charge on any atom is 0.354 e. The van der Waals surface area contributed by atoms with Crippen LogP contribution in [0, 0.1) is 0 Å². The fraction of sp³-hybridized carbons (Fsp3) is 0.167. The second-order valence-electron chi connectivity index (χ2n) is 6.00. The quantitative estimate of drug-likeness (QED) is 0.631. The van der Waals surface area contributed by atoms with Crippen LogP contribution in [-0.2, 0) is 11.3 Å². The Balaban J connectivity index is 1.86. The first-order chi connectivity index (χ1) is 13.3. The van der Waals surface area contributed by atoms with Crippen LogP contribution in [0.5, 0.6) is 0 Å². The summed E-state index contributed by atoms with van der Waals surface area (Å²) in [6.07, 6.45) is 4.61. The summed E-state index contributed by atoms with van der Waals surface area (Å²) in [6.45, 7) is 0.213. The molecule has 28 heavy (non-hydrogen) atoms. The zero-order valence-corrected chi connectivity index (χ0v) is 16.2. The van der Waals surface area contributed by atoms with Crippen LogP contribution in [0.4, 0.5) is 5.82 Å². The summed E-state index contributed by atoms with van der Waals surface area (Å²) < 4.78 is 0. The van der Waals surface area contributed by atoms with Crippen molar-refractivity contribution in [1.29, 1.82) is 0 Å². The number of likely N-dealkylation sites (N-methyl/N-ethyl adjacent to an activating group) is 1. The number of hydrogen-bond donors (Lipinski definition) is 2. The van der Waals surface area contributed by atoms with Gasteiger partial charge in [0.05, 0.1) is 11.6 Å². The molecular weight excluding hydrogens is 405 g/mol. The molecule has 0 aliphatic heterocycles. The molecular formula is C18H15Cl2N5O3. The van der Waals surface area contributed by atoms with Crippen LogP contribution in [0.3, 0.4) is 0 Å². The molecule has 2 aromatic heterocycles. The number of benzene rings is 1. The highest BCUT2D eigenvalue weighted by Crippen LogP contribution is 2.34. The Hall–Kier alpha value is -2.97. The lowest BCUT2D eigenvalue weighted by Crippen LogP contribution is -2.35. The van der Waals surface area contributed by atoms with E-state index >= 15 is 0 Å². The second-order valence-corrected chi connectivity index (χ2v) is 6.85. The number of amides is 1. The lowest BCUT2D eigenvalue weighted by Gasteiger charge is -2.21. The van der Waals surface area contributed by atoms with Crippen molar-refractivity contribution in [1.82, 2.24) is 20.3 Å². The van der Waals surface area contributed by atoms with Gasteiger partial charge >= 0.3 is 5.97 Å². The molecule has 1 aromatic carbocycles. The van der Waals surface area contributed by atoms with E-state index in [2.05, 4.69) is 20.3 Å². The molecule has 0 unspecified atom stereocenters. The van der Waals surface area contributed by atoms with Crippen LogP contribution in [-0.4, -0.2) is 45.5 Å². The van der Waals surface area contributed by atoms with Crippen LogP contribution >= 0.6 is 23.2 Å². The molecule has 0 spiro atoms. The van der Waals surface area contributed by atoms with Crippen molar-refractivity contribution in [2.45, 2.75) is 6.54 Å². The number of aromatic nitrogens is 3. The minimum Gasteiger partial charge on any atom is -0.477 e. The predicted molar refractivity (Wildman–Crippen MR) is 106 cm³/mol. The van der Waals surface area contributed by atoms with Crippen LogP contribution in [0.2, 0.25) is 10.0 Å². The number of carbonyl (C=O) groups excluding carboxylic acids is 1. The van der Waals surface area contributed by atoms with E-state index < -0.39 is 5.97 Å². The van der Waals surface area contributed by atoms with Gasteiger partial charge < -0.3 is 15.3 Å². The average molecular weight is 420 g/mol. The average Bonchev–Trinajstić information content (AvgIpc) is 2.65. The molecule has 3 aromatic rings. The highest BCUT2D eigenvalue weighted by atomic mass is 35.5. The van der Waals surface area contributed by atoms with Gasteiger partial charge in [-0.3, -0.25) is 4.79 Å². The van der Waals surface area contributed by atoms with E-state index in [0.717, 1.165) is 5.56 Å². The van der Waals surface area contributed by atoms with Gasteiger partial charge in [0, 0.05) is 42.0 Å². The van der Waals surface area contributed by atoms with Gasteiger partial charge in [-0.25, -0.2) is 19.7 Å². The molecule has 3 rings (SSSR count). The van der Waals surface area contributed by atoms with Gasteiger partial charge in [-0.15, -0.1) is 0 Å². The number of hydrogen-bond acceptors (Lipinski definition) is 6. The van der Waals surface area contributed by atoms with Gasteiger partial charge in [-0.2, -0.15) is 0 Å². The first-order valence-corrected chi connectivity index (χ1v) is 8.85. The number of nitrogens with one attached hydrogen (secondary N) is 1. The molecule has 144 valence electrons. The lowest BCUT2D eigenvalue weighted by molar-refractivity contribution is -0.119. The molecule has 10 heteroatoms. The van der Waals surface area contributed by atoms with Gasteiger partial charge in [0.25, 0.3) is 0 Å². The molecule has 2 N–H and O–H groups in total.